The normalized spacial score (nSPS) is 16.6. The summed E-state index contributed by atoms with van der Waals surface area (Å²) in [5, 5.41) is 5.46. The Labute approximate surface area is 142 Å². The predicted molar refractivity (Wildman–Crippen MR) is 89.7 cm³/mol. The molecule has 1 atom stereocenters. The lowest BCUT2D eigenvalue weighted by atomic mass is 10.1. The Kier molecular flexibility index (Phi) is 3.81. The molecule has 4 rings (SSSR count). The van der Waals surface area contributed by atoms with Crippen molar-refractivity contribution < 1.29 is 4.79 Å². The molecule has 0 radical (unpaired) electrons. The molecule has 24 heavy (non-hydrogen) atoms. The Morgan fingerprint density at radius 2 is 2.17 bits per heavy atom. The molecule has 7 nitrogen and oxygen atoms in total. The molecule has 0 bridgehead atoms. The summed E-state index contributed by atoms with van der Waals surface area (Å²) in [6.07, 6.45) is 7.12. The van der Waals surface area contributed by atoms with Gasteiger partial charge < -0.3 is 9.88 Å². The molecule has 0 spiro atoms. The highest BCUT2D eigenvalue weighted by Crippen LogP contribution is 2.20. The molecule has 0 unspecified atom stereocenters. The molecule has 3 aromatic heterocycles. The number of carbonyl (C=O) groups is 1. The van der Waals surface area contributed by atoms with Gasteiger partial charge >= 0.3 is 0 Å². The third-order valence-corrected chi connectivity index (χ3v) is 4.78. The second kappa shape index (κ2) is 6.12. The third kappa shape index (κ3) is 2.92. The van der Waals surface area contributed by atoms with E-state index in [-0.39, 0.29) is 11.9 Å². The second-order valence-electron chi connectivity index (χ2n) is 5.77. The number of hydrogen-bond donors (Lipinski definition) is 1. The van der Waals surface area contributed by atoms with Crippen LogP contribution in [-0.4, -0.2) is 36.5 Å². The number of aromatic nitrogens is 5. The Hall–Kier alpha value is -2.61. The average molecular weight is 340 g/mol. The van der Waals surface area contributed by atoms with Gasteiger partial charge in [0.05, 0.1) is 5.69 Å². The zero-order valence-electron chi connectivity index (χ0n) is 13.1. The standard InChI is InChI=1S/C16H16N6OS/c1-10-7-22-8-11(3-4-13(22)19-10)20-15(23)12-9-24-16(21-12)14-17-5-2-6-18-14/h2,5-7,9,11H,3-4,8H2,1H3,(H,20,23)/t11-/m1/s1. The van der Waals surface area contributed by atoms with Gasteiger partial charge in [0, 0.05) is 43.0 Å². The van der Waals surface area contributed by atoms with E-state index in [0.29, 0.717) is 16.5 Å². The highest BCUT2D eigenvalue weighted by atomic mass is 32.1. The van der Waals surface area contributed by atoms with Crippen LogP contribution in [0.25, 0.3) is 10.8 Å². The monoisotopic (exact) mass is 340 g/mol. The average Bonchev–Trinajstić information content (AvgIpc) is 3.21. The molecule has 0 saturated heterocycles. The van der Waals surface area contributed by atoms with Crippen molar-refractivity contribution in [3.05, 3.63) is 47.2 Å². The molecule has 1 aliphatic heterocycles. The van der Waals surface area contributed by atoms with E-state index in [1.54, 1.807) is 23.8 Å². The van der Waals surface area contributed by atoms with Gasteiger partial charge in [-0.2, -0.15) is 0 Å². The second-order valence-corrected chi connectivity index (χ2v) is 6.63. The zero-order valence-corrected chi connectivity index (χ0v) is 14.0. The highest BCUT2D eigenvalue weighted by Gasteiger charge is 2.22. The van der Waals surface area contributed by atoms with Crippen LogP contribution in [0.15, 0.2) is 30.0 Å². The number of hydrogen-bond acceptors (Lipinski definition) is 6. The molecule has 0 fully saturated rings. The fourth-order valence-electron chi connectivity index (χ4n) is 2.85. The minimum Gasteiger partial charge on any atom is -0.346 e. The first-order chi connectivity index (χ1) is 11.7. The van der Waals surface area contributed by atoms with Crippen LogP contribution in [0.4, 0.5) is 0 Å². The van der Waals surface area contributed by atoms with Gasteiger partial charge in [0.25, 0.3) is 5.91 Å². The van der Waals surface area contributed by atoms with E-state index in [2.05, 4.69) is 29.8 Å². The van der Waals surface area contributed by atoms with E-state index in [1.807, 2.05) is 13.1 Å². The summed E-state index contributed by atoms with van der Waals surface area (Å²) < 4.78 is 2.12. The molecule has 8 heteroatoms. The maximum atomic E-state index is 12.4. The molecule has 1 amide bonds. The molecule has 122 valence electrons. The number of nitrogens with one attached hydrogen (secondary N) is 1. The quantitative estimate of drug-likeness (QED) is 0.786. The largest absolute Gasteiger partial charge is 0.346 e. The Morgan fingerprint density at radius 1 is 1.33 bits per heavy atom. The van der Waals surface area contributed by atoms with Crippen molar-refractivity contribution in [1.82, 2.24) is 29.8 Å². The van der Waals surface area contributed by atoms with Crippen LogP contribution in [0.2, 0.25) is 0 Å². The molecule has 0 saturated carbocycles. The number of thiazole rings is 1. The summed E-state index contributed by atoms with van der Waals surface area (Å²) >= 11 is 1.37. The number of imidazole rings is 1. The number of fused-ring (bicyclic) bond motifs is 1. The fraction of sp³-hybridized carbons (Fsp3) is 0.312. The first kappa shape index (κ1) is 14.9. The molecule has 0 aliphatic carbocycles. The van der Waals surface area contributed by atoms with E-state index in [1.165, 1.54) is 11.3 Å². The topological polar surface area (TPSA) is 85.6 Å². The van der Waals surface area contributed by atoms with Crippen molar-refractivity contribution in [3.8, 4) is 10.8 Å². The molecule has 1 aliphatic rings. The van der Waals surface area contributed by atoms with Crippen LogP contribution in [0.5, 0.6) is 0 Å². The lowest BCUT2D eigenvalue weighted by molar-refractivity contribution is 0.0923. The van der Waals surface area contributed by atoms with Crippen LogP contribution < -0.4 is 5.32 Å². The van der Waals surface area contributed by atoms with E-state index >= 15 is 0 Å². The summed E-state index contributed by atoms with van der Waals surface area (Å²) in [4.78, 5) is 29.6. The van der Waals surface area contributed by atoms with Gasteiger partial charge in [0.1, 0.15) is 11.5 Å². The van der Waals surface area contributed by atoms with Crippen molar-refractivity contribution in [2.24, 2.45) is 0 Å². The smallest absolute Gasteiger partial charge is 0.271 e. The van der Waals surface area contributed by atoms with Gasteiger partial charge in [-0.15, -0.1) is 11.3 Å². The third-order valence-electron chi connectivity index (χ3n) is 3.94. The van der Waals surface area contributed by atoms with Gasteiger partial charge in [-0.25, -0.2) is 19.9 Å². The Morgan fingerprint density at radius 3 is 3.00 bits per heavy atom. The van der Waals surface area contributed by atoms with Crippen LogP contribution in [-0.2, 0) is 13.0 Å². The van der Waals surface area contributed by atoms with Crippen molar-refractivity contribution in [3.63, 3.8) is 0 Å². The summed E-state index contributed by atoms with van der Waals surface area (Å²) in [5.74, 6) is 1.48. The maximum Gasteiger partial charge on any atom is 0.271 e. The van der Waals surface area contributed by atoms with Crippen LogP contribution in [0.3, 0.4) is 0 Å². The van der Waals surface area contributed by atoms with Gasteiger partial charge in [0.15, 0.2) is 10.8 Å². The number of aryl methyl sites for hydroxylation is 2. The lowest BCUT2D eigenvalue weighted by Crippen LogP contribution is -2.41. The van der Waals surface area contributed by atoms with E-state index < -0.39 is 0 Å². The first-order valence-electron chi connectivity index (χ1n) is 7.75. The summed E-state index contributed by atoms with van der Waals surface area (Å²) in [7, 11) is 0. The number of carbonyl (C=O) groups excluding carboxylic acids is 1. The van der Waals surface area contributed by atoms with E-state index in [0.717, 1.165) is 30.9 Å². The SMILES string of the molecule is Cc1cn2c(n1)CC[C@@H](NC(=O)c1csc(-c3ncccn3)n1)C2. The fourth-order valence-corrected chi connectivity index (χ4v) is 3.60. The molecular weight excluding hydrogens is 324 g/mol. The van der Waals surface area contributed by atoms with Crippen molar-refractivity contribution in [1.29, 1.82) is 0 Å². The van der Waals surface area contributed by atoms with Gasteiger partial charge in [-0.1, -0.05) is 0 Å². The zero-order chi connectivity index (χ0) is 16.5. The summed E-state index contributed by atoms with van der Waals surface area (Å²) in [6.45, 7) is 2.74. The highest BCUT2D eigenvalue weighted by molar-refractivity contribution is 7.13. The summed E-state index contributed by atoms with van der Waals surface area (Å²) in [6, 6.07) is 1.84. The molecule has 1 N–H and O–H groups in total. The number of nitrogens with zero attached hydrogens (tertiary/aromatic N) is 5. The number of rotatable bonds is 3. The lowest BCUT2D eigenvalue weighted by Gasteiger charge is -2.24. The molecular formula is C16H16N6OS. The van der Waals surface area contributed by atoms with Gasteiger partial charge in [-0.05, 0) is 19.4 Å². The van der Waals surface area contributed by atoms with Gasteiger partial charge in [0.2, 0.25) is 0 Å². The van der Waals surface area contributed by atoms with E-state index in [9.17, 15) is 4.79 Å². The maximum absolute atomic E-state index is 12.4. The van der Waals surface area contributed by atoms with Crippen molar-refractivity contribution >= 4 is 17.2 Å². The van der Waals surface area contributed by atoms with Crippen LogP contribution in [0.1, 0.15) is 28.4 Å². The van der Waals surface area contributed by atoms with E-state index in [4.69, 9.17) is 0 Å². The Bertz CT molecular complexity index is 872. The molecule has 4 heterocycles. The Balaban J connectivity index is 1.45. The summed E-state index contributed by atoms with van der Waals surface area (Å²) in [5.41, 5.74) is 1.43. The molecule has 3 aromatic rings. The first-order valence-corrected chi connectivity index (χ1v) is 8.63. The predicted octanol–water partition coefficient (Wildman–Crippen LogP) is 1.85. The van der Waals surface area contributed by atoms with Crippen LogP contribution >= 0.6 is 11.3 Å². The van der Waals surface area contributed by atoms with Crippen molar-refractivity contribution in [2.75, 3.05) is 0 Å². The van der Waals surface area contributed by atoms with Crippen molar-refractivity contribution in [2.45, 2.75) is 32.4 Å². The van der Waals surface area contributed by atoms with Crippen LogP contribution in [0, 0.1) is 6.92 Å². The minimum absolute atomic E-state index is 0.0942. The van der Waals surface area contributed by atoms with Gasteiger partial charge in [-0.3, -0.25) is 4.79 Å². The molecule has 0 aromatic carbocycles. The minimum atomic E-state index is -0.154. The number of amides is 1.